The molecule has 0 aliphatic heterocycles. The molecule has 1 heterocycles. The molecule has 0 bridgehead atoms. The second kappa shape index (κ2) is 6.10. The summed E-state index contributed by atoms with van der Waals surface area (Å²) in [4.78, 5) is 15.6. The molecule has 0 aromatic carbocycles. The lowest BCUT2D eigenvalue weighted by molar-refractivity contribution is -0.144. The maximum atomic E-state index is 11.5. The average Bonchev–Trinajstić information content (AvgIpc) is 2.29. The third-order valence-corrected chi connectivity index (χ3v) is 2.19. The van der Waals surface area contributed by atoms with Gasteiger partial charge in [-0.3, -0.25) is 9.78 Å². The molecule has 0 aliphatic carbocycles. The minimum Gasteiger partial charge on any atom is -0.492 e. The van der Waals surface area contributed by atoms with Gasteiger partial charge in [0.05, 0.1) is 25.3 Å². The first kappa shape index (κ1) is 12.5. The van der Waals surface area contributed by atoms with Crippen molar-refractivity contribution in [3.63, 3.8) is 0 Å². The van der Waals surface area contributed by atoms with Crippen molar-refractivity contribution in [1.82, 2.24) is 4.98 Å². The third-order valence-electron chi connectivity index (χ3n) is 2.19. The molecule has 0 saturated carbocycles. The second-order valence-electron chi connectivity index (χ2n) is 3.36. The second-order valence-corrected chi connectivity index (χ2v) is 3.36. The molecule has 0 fully saturated rings. The van der Waals surface area contributed by atoms with Gasteiger partial charge < -0.3 is 9.47 Å². The van der Waals surface area contributed by atoms with Crippen molar-refractivity contribution in [1.29, 1.82) is 0 Å². The van der Waals surface area contributed by atoms with Gasteiger partial charge in [0.1, 0.15) is 5.75 Å². The highest BCUT2D eigenvalue weighted by Crippen LogP contribution is 2.20. The van der Waals surface area contributed by atoms with Crippen LogP contribution in [-0.2, 0) is 9.53 Å². The van der Waals surface area contributed by atoms with Gasteiger partial charge in [-0.25, -0.2) is 0 Å². The number of carbonyl (C=O) groups excluding carboxylic acids is 1. The van der Waals surface area contributed by atoms with Crippen LogP contribution in [0.1, 0.15) is 32.3 Å². The number of hydrogen-bond acceptors (Lipinski definition) is 4. The minimum atomic E-state index is -0.312. The lowest BCUT2D eigenvalue weighted by atomic mass is 10.0. The monoisotopic (exact) mass is 223 g/mol. The van der Waals surface area contributed by atoms with E-state index in [1.54, 1.807) is 26.2 Å². The zero-order valence-corrected chi connectivity index (χ0v) is 9.90. The Hall–Kier alpha value is -1.58. The molecule has 0 N–H and O–H groups in total. The molecule has 1 unspecified atom stereocenters. The van der Waals surface area contributed by atoms with Gasteiger partial charge in [0.15, 0.2) is 0 Å². The molecule has 0 amide bonds. The van der Waals surface area contributed by atoms with E-state index in [1.165, 1.54) is 0 Å². The van der Waals surface area contributed by atoms with Crippen LogP contribution in [0.15, 0.2) is 18.5 Å². The van der Waals surface area contributed by atoms with Gasteiger partial charge in [0.2, 0.25) is 0 Å². The summed E-state index contributed by atoms with van der Waals surface area (Å²) in [6.45, 7) is 6.46. The Kier molecular flexibility index (Phi) is 4.76. The Morgan fingerprint density at radius 1 is 1.38 bits per heavy atom. The number of rotatable bonds is 5. The summed E-state index contributed by atoms with van der Waals surface area (Å²) < 4.78 is 10.3. The van der Waals surface area contributed by atoms with E-state index in [9.17, 15) is 4.79 Å². The highest BCUT2D eigenvalue weighted by molar-refractivity contribution is 5.77. The molecule has 4 nitrogen and oxygen atoms in total. The maximum absolute atomic E-state index is 11.5. The quantitative estimate of drug-likeness (QED) is 0.717. The molecule has 1 atom stereocenters. The summed E-state index contributed by atoms with van der Waals surface area (Å²) in [5.74, 6) is 0.127. The number of nitrogens with zero attached hydrogens (tertiary/aromatic N) is 1. The van der Waals surface area contributed by atoms with Crippen LogP contribution in [0, 0.1) is 0 Å². The van der Waals surface area contributed by atoms with E-state index < -0.39 is 0 Å². The number of ether oxygens (including phenoxy) is 2. The third kappa shape index (κ3) is 3.22. The van der Waals surface area contributed by atoms with Gasteiger partial charge in [-0.15, -0.1) is 0 Å². The zero-order valence-electron chi connectivity index (χ0n) is 9.90. The van der Waals surface area contributed by atoms with Gasteiger partial charge in [-0.05, 0) is 32.4 Å². The largest absolute Gasteiger partial charge is 0.492 e. The molecule has 0 spiro atoms. The Bertz CT molecular complexity index is 352. The first-order valence-electron chi connectivity index (χ1n) is 5.43. The maximum Gasteiger partial charge on any atom is 0.313 e. The molecule has 4 heteroatoms. The van der Waals surface area contributed by atoms with Gasteiger partial charge in [-0.2, -0.15) is 0 Å². The summed E-state index contributed by atoms with van der Waals surface area (Å²) >= 11 is 0. The van der Waals surface area contributed by atoms with Crippen molar-refractivity contribution in [2.45, 2.75) is 26.7 Å². The van der Waals surface area contributed by atoms with E-state index >= 15 is 0 Å². The number of pyridine rings is 1. The van der Waals surface area contributed by atoms with Crippen molar-refractivity contribution in [3.05, 3.63) is 24.0 Å². The predicted octanol–water partition coefficient (Wildman–Crippen LogP) is 2.15. The van der Waals surface area contributed by atoms with Crippen LogP contribution < -0.4 is 4.74 Å². The van der Waals surface area contributed by atoms with E-state index in [1.807, 2.05) is 13.0 Å². The Morgan fingerprint density at radius 3 is 2.75 bits per heavy atom. The molecule has 1 rings (SSSR count). The fourth-order valence-corrected chi connectivity index (χ4v) is 1.32. The van der Waals surface area contributed by atoms with Crippen molar-refractivity contribution in [3.8, 4) is 5.75 Å². The fraction of sp³-hybridized carbons (Fsp3) is 0.500. The molecular weight excluding hydrogens is 206 g/mol. The number of esters is 1. The highest BCUT2D eigenvalue weighted by Gasteiger charge is 2.17. The zero-order chi connectivity index (χ0) is 12.0. The normalized spacial score (nSPS) is 11.9. The van der Waals surface area contributed by atoms with Crippen LogP contribution in [0.25, 0.3) is 0 Å². The van der Waals surface area contributed by atoms with E-state index in [4.69, 9.17) is 9.47 Å². The Morgan fingerprint density at radius 2 is 2.12 bits per heavy atom. The van der Waals surface area contributed by atoms with Crippen molar-refractivity contribution < 1.29 is 14.3 Å². The van der Waals surface area contributed by atoms with Crippen LogP contribution in [0.5, 0.6) is 5.75 Å². The Balaban J connectivity index is 2.78. The standard InChI is InChI=1S/C12H17NO3/c1-4-15-11-6-10(7-13-8-11)9(3)12(14)16-5-2/h6-9H,4-5H2,1-3H3. The van der Waals surface area contributed by atoms with Crippen molar-refractivity contribution >= 4 is 5.97 Å². The van der Waals surface area contributed by atoms with Gasteiger partial charge in [0.25, 0.3) is 0 Å². The van der Waals surface area contributed by atoms with E-state index in [0.717, 1.165) is 5.56 Å². The van der Waals surface area contributed by atoms with E-state index in [2.05, 4.69) is 4.98 Å². The van der Waals surface area contributed by atoms with Crippen molar-refractivity contribution in [2.24, 2.45) is 0 Å². The van der Waals surface area contributed by atoms with Crippen molar-refractivity contribution in [2.75, 3.05) is 13.2 Å². The van der Waals surface area contributed by atoms with E-state index in [0.29, 0.717) is 19.0 Å². The lowest BCUT2D eigenvalue weighted by Crippen LogP contribution is -2.13. The van der Waals surface area contributed by atoms with Gasteiger partial charge >= 0.3 is 5.97 Å². The first-order chi connectivity index (χ1) is 7.69. The summed E-state index contributed by atoms with van der Waals surface area (Å²) in [7, 11) is 0. The smallest absolute Gasteiger partial charge is 0.313 e. The average molecular weight is 223 g/mol. The van der Waals surface area contributed by atoms with Gasteiger partial charge in [0, 0.05) is 6.20 Å². The molecule has 16 heavy (non-hydrogen) atoms. The molecule has 1 aromatic rings. The van der Waals surface area contributed by atoms with Crippen LogP contribution in [-0.4, -0.2) is 24.2 Å². The lowest BCUT2D eigenvalue weighted by Gasteiger charge is -2.11. The topological polar surface area (TPSA) is 48.4 Å². The molecular formula is C12H17NO3. The number of hydrogen-bond donors (Lipinski definition) is 0. The minimum absolute atomic E-state index is 0.238. The Labute approximate surface area is 95.6 Å². The summed E-state index contributed by atoms with van der Waals surface area (Å²) in [6, 6.07) is 1.82. The van der Waals surface area contributed by atoms with Crippen LogP contribution >= 0.6 is 0 Å². The molecule has 88 valence electrons. The van der Waals surface area contributed by atoms with Crippen LogP contribution in [0.4, 0.5) is 0 Å². The summed E-state index contributed by atoms with van der Waals surface area (Å²) in [5.41, 5.74) is 0.810. The SMILES string of the molecule is CCOC(=O)C(C)c1cncc(OCC)c1. The fourth-order valence-electron chi connectivity index (χ4n) is 1.32. The molecule has 0 saturated heterocycles. The van der Waals surface area contributed by atoms with Crippen LogP contribution in [0.3, 0.4) is 0 Å². The van der Waals surface area contributed by atoms with E-state index in [-0.39, 0.29) is 11.9 Å². The van der Waals surface area contributed by atoms with Gasteiger partial charge in [-0.1, -0.05) is 0 Å². The molecule has 0 radical (unpaired) electrons. The predicted molar refractivity (Wildman–Crippen MR) is 60.5 cm³/mol. The number of carbonyl (C=O) groups is 1. The first-order valence-corrected chi connectivity index (χ1v) is 5.43. The highest BCUT2D eigenvalue weighted by atomic mass is 16.5. The molecule has 1 aromatic heterocycles. The molecule has 0 aliphatic rings. The van der Waals surface area contributed by atoms with Crippen LogP contribution in [0.2, 0.25) is 0 Å². The summed E-state index contributed by atoms with van der Waals surface area (Å²) in [6.07, 6.45) is 3.29. The summed E-state index contributed by atoms with van der Waals surface area (Å²) in [5, 5.41) is 0. The number of aromatic nitrogens is 1.